The number of rotatable bonds is 3. The number of aromatic hydroxyl groups is 1. The van der Waals surface area contributed by atoms with Crippen LogP contribution in [0, 0.1) is 6.57 Å². The summed E-state index contributed by atoms with van der Waals surface area (Å²) >= 11 is 0. The van der Waals surface area contributed by atoms with Crippen molar-refractivity contribution in [3.63, 3.8) is 0 Å². The quantitative estimate of drug-likeness (QED) is 0.262. The third kappa shape index (κ3) is 3.64. The van der Waals surface area contributed by atoms with Crippen LogP contribution in [0.2, 0.25) is 0 Å². The molecule has 0 aliphatic carbocycles. The lowest BCUT2D eigenvalue weighted by atomic mass is 9.97. The van der Waals surface area contributed by atoms with Gasteiger partial charge >= 0.3 is 0 Å². The molecule has 1 aliphatic heterocycles. The maximum atomic E-state index is 10.6. The molecule has 1 N–H and O–H groups in total. The van der Waals surface area contributed by atoms with Crippen molar-refractivity contribution in [1.29, 1.82) is 0 Å². The van der Waals surface area contributed by atoms with Crippen molar-refractivity contribution in [3.8, 4) is 17.0 Å². The molecule has 2 aromatic heterocycles. The maximum absolute atomic E-state index is 10.6. The molecule has 37 heavy (non-hydrogen) atoms. The van der Waals surface area contributed by atoms with Gasteiger partial charge in [-0.25, -0.2) is 14.8 Å². The van der Waals surface area contributed by atoms with Gasteiger partial charge in [0.05, 0.1) is 35.0 Å². The van der Waals surface area contributed by atoms with Gasteiger partial charge in [-0.3, -0.25) is 4.90 Å². The lowest BCUT2D eigenvalue weighted by Gasteiger charge is -2.38. The minimum Gasteiger partial charge on any atom is -0.506 e. The van der Waals surface area contributed by atoms with Crippen LogP contribution >= 0.6 is 0 Å². The molecular formula is C31H25N5O. The highest BCUT2D eigenvalue weighted by Gasteiger charge is 2.29. The van der Waals surface area contributed by atoms with E-state index in [2.05, 4.69) is 51.7 Å². The molecule has 3 heterocycles. The van der Waals surface area contributed by atoms with E-state index in [-0.39, 0.29) is 5.75 Å². The zero-order chi connectivity index (χ0) is 25.7. The lowest BCUT2D eigenvalue weighted by molar-refractivity contribution is 0.480. The summed E-state index contributed by atoms with van der Waals surface area (Å²) in [7, 11) is 2.03. The first kappa shape index (κ1) is 22.6. The van der Waals surface area contributed by atoms with Crippen molar-refractivity contribution in [2.45, 2.75) is 19.8 Å². The predicted molar refractivity (Wildman–Crippen MR) is 150 cm³/mol. The molecule has 0 bridgehead atoms. The van der Waals surface area contributed by atoms with Crippen molar-refractivity contribution in [2.75, 3.05) is 16.8 Å². The van der Waals surface area contributed by atoms with E-state index in [1.165, 1.54) is 0 Å². The van der Waals surface area contributed by atoms with Gasteiger partial charge in [-0.05, 0) is 60.0 Å². The smallest absolute Gasteiger partial charge is 0.189 e. The van der Waals surface area contributed by atoms with Gasteiger partial charge in [0.2, 0.25) is 0 Å². The van der Waals surface area contributed by atoms with E-state index in [4.69, 9.17) is 11.6 Å². The lowest BCUT2D eigenvalue weighted by Crippen LogP contribution is -2.24. The Labute approximate surface area is 215 Å². The molecule has 3 aromatic carbocycles. The van der Waals surface area contributed by atoms with E-state index in [1.807, 2.05) is 61.6 Å². The molecule has 6 rings (SSSR count). The Hall–Kier alpha value is -4.89. The van der Waals surface area contributed by atoms with Crippen LogP contribution in [0.15, 0.2) is 85.1 Å². The molecule has 5 aromatic rings. The first-order valence-corrected chi connectivity index (χ1v) is 12.2. The van der Waals surface area contributed by atoms with E-state index in [1.54, 1.807) is 12.3 Å². The second-order valence-electron chi connectivity index (χ2n) is 9.49. The molecule has 0 atom stereocenters. The Balaban J connectivity index is 1.56. The van der Waals surface area contributed by atoms with Crippen molar-refractivity contribution in [1.82, 2.24) is 9.97 Å². The molecule has 0 saturated carbocycles. The maximum Gasteiger partial charge on any atom is 0.189 e. The number of anilines is 5. The molecule has 180 valence electrons. The number of hydrogen-bond acceptors (Lipinski definition) is 5. The van der Waals surface area contributed by atoms with Crippen LogP contribution in [0.3, 0.4) is 0 Å². The molecular weight excluding hydrogens is 458 g/mol. The van der Waals surface area contributed by atoms with Crippen LogP contribution in [0.1, 0.15) is 25.3 Å². The Morgan fingerprint density at radius 3 is 2.38 bits per heavy atom. The number of phenolic OH excluding ortho intramolecular Hbond substituents is 1. The minimum atomic E-state index is 0.176. The van der Waals surface area contributed by atoms with Crippen LogP contribution in [-0.4, -0.2) is 22.1 Å². The van der Waals surface area contributed by atoms with Crippen molar-refractivity contribution < 1.29 is 5.11 Å². The van der Waals surface area contributed by atoms with E-state index in [0.717, 1.165) is 50.8 Å². The van der Waals surface area contributed by atoms with Gasteiger partial charge in [0.15, 0.2) is 5.69 Å². The third-order valence-corrected chi connectivity index (χ3v) is 6.93. The summed E-state index contributed by atoms with van der Waals surface area (Å²) in [6, 6.07) is 25.6. The second kappa shape index (κ2) is 8.65. The van der Waals surface area contributed by atoms with Crippen molar-refractivity contribution in [3.05, 3.63) is 102 Å². The average molecular weight is 484 g/mol. The van der Waals surface area contributed by atoms with Gasteiger partial charge in [0.25, 0.3) is 0 Å². The zero-order valence-electron chi connectivity index (χ0n) is 20.8. The van der Waals surface area contributed by atoms with Gasteiger partial charge in [-0.2, -0.15) is 0 Å². The van der Waals surface area contributed by atoms with Crippen molar-refractivity contribution >= 4 is 45.2 Å². The number of benzene rings is 3. The largest absolute Gasteiger partial charge is 0.506 e. The monoisotopic (exact) mass is 483 g/mol. The first-order valence-electron chi connectivity index (χ1n) is 12.2. The molecule has 0 amide bonds. The number of fused-ring (bicyclic) bond motifs is 3. The van der Waals surface area contributed by atoms with E-state index in [9.17, 15) is 5.11 Å². The normalized spacial score (nSPS) is 12.4. The van der Waals surface area contributed by atoms with E-state index >= 15 is 0 Å². The molecule has 0 unspecified atom stereocenters. The number of phenols is 1. The van der Waals surface area contributed by atoms with E-state index < -0.39 is 0 Å². The van der Waals surface area contributed by atoms with Crippen LogP contribution in [0.25, 0.3) is 27.0 Å². The fourth-order valence-corrected chi connectivity index (χ4v) is 5.07. The summed E-state index contributed by atoms with van der Waals surface area (Å²) in [6.07, 6.45) is 1.77. The number of hydrogen-bond donors (Lipinski definition) is 1. The first-order chi connectivity index (χ1) is 18.0. The molecule has 0 saturated heterocycles. The predicted octanol–water partition coefficient (Wildman–Crippen LogP) is 8.23. The van der Waals surface area contributed by atoms with Crippen LogP contribution in [0.5, 0.6) is 5.75 Å². The molecule has 1 aliphatic rings. The molecule has 6 heteroatoms. The van der Waals surface area contributed by atoms with Gasteiger partial charge in [-0.1, -0.05) is 44.2 Å². The second-order valence-corrected chi connectivity index (χ2v) is 9.49. The highest BCUT2D eigenvalue weighted by atomic mass is 16.3. The fourth-order valence-electron chi connectivity index (χ4n) is 5.07. The summed E-state index contributed by atoms with van der Waals surface area (Å²) in [5.74, 6) is 1.26. The van der Waals surface area contributed by atoms with Gasteiger partial charge in [0.1, 0.15) is 17.1 Å². The van der Waals surface area contributed by atoms with Crippen LogP contribution < -0.4 is 9.80 Å². The summed E-state index contributed by atoms with van der Waals surface area (Å²) in [5.41, 5.74) is 7.88. The summed E-state index contributed by atoms with van der Waals surface area (Å²) in [4.78, 5) is 17.4. The van der Waals surface area contributed by atoms with Crippen LogP contribution in [0.4, 0.5) is 34.3 Å². The molecule has 0 radical (unpaired) electrons. The Kier molecular flexibility index (Phi) is 5.27. The minimum absolute atomic E-state index is 0.176. The number of pyridine rings is 2. The number of nitrogens with zero attached hydrogens (tertiary/aromatic N) is 5. The third-order valence-electron chi connectivity index (χ3n) is 6.93. The zero-order valence-corrected chi connectivity index (χ0v) is 20.8. The highest BCUT2D eigenvalue weighted by molar-refractivity contribution is 5.99. The molecule has 6 nitrogen and oxygen atoms in total. The Morgan fingerprint density at radius 1 is 0.865 bits per heavy atom. The summed E-state index contributed by atoms with van der Waals surface area (Å²) in [6.45, 7) is 11.8. The number of aromatic nitrogens is 2. The van der Waals surface area contributed by atoms with Crippen LogP contribution in [-0.2, 0) is 0 Å². The Morgan fingerprint density at radius 2 is 1.65 bits per heavy atom. The molecule has 0 fully saturated rings. The standard InChI is InChI=1S/C31H25N5O/c1-19(2)22-11-15-29(37)31-23(22)10-12-24(34-31)20-8-13-25-27(17-20)36(30-7-5-6-16-33-30)28-18-21(32-3)9-14-26(28)35(25)4/h5-19,37H,1-2,4H3. The van der Waals surface area contributed by atoms with Crippen molar-refractivity contribution in [2.24, 2.45) is 0 Å². The Bertz CT molecular complexity index is 1710. The topological polar surface area (TPSA) is 56.9 Å². The average Bonchev–Trinajstić information content (AvgIpc) is 2.93. The van der Waals surface area contributed by atoms with E-state index in [0.29, 0.717) is 17.1 Å². The summed E-state index contributed by atoms with van der Waals surface area (Å²) in [5, 5.41) is 11.6. The van der Waals surface area contributed by atoms with Gasteiger partial charge in [-0.15, -0.1) is 0 Å². The highest BCUT2D eigenvalue weighted by Crippen LogP contribution is 2.52. The SMILES string of the molecule is [C-]#[N+]c1ccc2c(c1)N(c1ccccn1)c1cc(-c3ccc4c(C(C)C)ccc(O)c4n3)ccc1N2C. The van der Waals surface area contributed by atoms with Gasteiger partial charge in [0, 0.05) is 24.2 Å². The fraction of sp³-hybridized carbons (Fsp3) is 0.129. The molecule has 0 spiro atoms. The van der Waals surface area contributed by atoms with Gasteiger partial charge < -0.3 is 10.0 Å². The summed E-state index contributed by atoms with van der Waals surface area (Å²) < 4.78 is 0.